The number of aromatic amines is 1. The number of ether oxygens (including phenoxy) is 1. The van der Waals surface area contributed by atoms with E-state index in [0.717, 1.165) is 0 Å². The summed E-state index contributed by atoms with van der Waals surface area (Å²) in [6.07, 6.45) is 0. The summed E-state index contributed by atoms with van der Waals surface area (Å²) in [4.78, 5) is 22.4. The highest BCUT2D eigenvalue weighted by atomic mass is 19.1. The first-order valence-corrected chi connectivity index (χ1v) is 5.87. The van der Waals surface area contributed by atoms with Gasteiger partial charge in [-0.25, -0.2) is 9.49 Å². The van der Waals surface area contributed by atoms with E-state index < -0.39 is 5.91 Å². The van der Waals surface area contributed by atoms with Gasteiger partial charge < -0.3 is 10.1 Å². The zero-order valence-electron chi connectivity index (χ0n) is 10.4. The van der Waals surface area contributed by atoms with Gasteiger partial charge in [-0.2, -0.15) is 5.10 Å². The van der Waals surface area contributed by atoms with Gasteiger partial charge in [-0.15, -0.1) is 0 Å². The fourth-order valence-corrected chi connectivity index (χ4v) is 1.45. The molecule has 0 fully saturated rings. The molecule has 0 aliphatic rings. The summed E-state index contributed by atoms with van der Waals surface area (Å²) in [5.74, 6) is -0.422. The third-order valence-corrected chi connectivity index (χ3v) is 2.36. The van der Waals surface area contributed by atoms with Gasteiger partial charge in [-0.05, 0) is 18.2 Å². The Hall–Kier alpha value is -2.70. The number of benzene rings is 1. The van der Waals surface area contributed by atoms with Crippen LogP contribution in [0.5, 0.6) is 5.75 Å². The first-order valence-electron chi connectivity index (χ1n) is 5.87. The van der Waals surface area contributed by atoms with Gasteiger partial charge in [0.15, 0.2) is 0 Å². The number of halogens is 1. The van der Waals surface area contributed by atoms with E-state index in [4.69, 9.17) is 4.74 Å². The monoisotopic (exact) mass is 277 g/mol. The zero-order chi connectivity index (χ0) is 14.4. The number of hydrogen-bond donors (Lipinski definition) is 2. The lowest BCUT2D eigenvalue weighted by Crippen LogP contribution is -2.29. The lowest BCUT2D eigenvalue weighted by molar-refractivity contribution is 0.0941. The summed E-state index contributed by atoms with van der Waals surface area (Å²) in [6.45, 7) is 0.425. The predicted molar refractivity (Wildman–Crippen MR) is 69.1 cm³/mol. The molecule has 0 aliphatic heterocycles. The van der Waals surface area contributed by atoms with Crippen LogP contribution in [0.3, 0.4) is 0 Å². The van der Waals surface area contributed by atoms with Crippen molar-refractivity contribution in [1.82, 2.24) is 15.5 Å². The normalized spacial score (nSPS) is 10.1. The summed E-state index contributed by atoms with van der Waals surface area (Å²) >= 11 is 0. The molecule has 0 radical (unpaired) electrons. The smallest absolute Gasteiger partial charge is 0.271 e. The van der Waals surface area contributed by atoms with Crippen LogP contribution in [0.15, 0.2) is 41.2 Å². The molecule has 104 valence electrons. The number of aromatic nitrogens is 2. The van der Waals surface area contributed by atoms with Crippen molar-refractivity contribution in [2.75, 3.05) is 13.2 Å². The maximum atomic E-state index is 12.9. The van der Waals surface area contributed by atoms with Gasteiger partial charge in [-0.3, -0.25) is 9.59 Å². The van der Waals surface area contributed by atoms with Crippen molar-refractivity contribution in [3.8, 4) is 5.75 Å². The first-order chi connectivity index (χ1) is 9.65. The van der Waals surface area contributed by atoms with Gasteiger partial charge >= 0.3 is 0 Å². The van der Waals surface area contributed by atoms with E-state index in [1.54, 1.807) is 6.07 Å². The number of amides is 1. The highest BCUT2D eigenvalue weighted by molar-refractivity contribution is 5.91. The van der Waals surface area contributed by atoms with Gasteiger partial charge in [0.25, 0.3) is 11.5 Å². The molecule has 1 heterocycles. The molecule has 1 aromatic carbocycles. The minimum Gasteiger partial charge on any atom is -0.492 e. The fourth-order valence-electron chi connectivity index (χ4n) is 1.45. The van der Waals surface area contributed by atoms with Crippen molar-refractivity contribution in [2.45, 2.75) is 0 Å². The van der Waals surface area contributed by atoms with Gasteiger partial charge in [0, 0.05) is 12.1 Å². The zero-order valence-corrected chi connectivity index (χ0v) is 10.4. The minimum absolute atomic E-state index is 0.107. The quantitative estimate of drug-likeness (QED) is 0.789. The number of rotatable bonds is 5. The number of nitrogens with zero attached hydrogens (tertiary/aromatic N) is 1. The van der Waals surface area contributed by atoms with E-state index in [1.807, 2.05) is 0 Å². The van der Waals surface area contributed by atoms with Crippen molar-refractivity contribution < 1.29 is 13.9 Å². The summed E-state index contributed by atoms with van der Waals surface area (Å²) in [6, 6.07) is 8.26. The Balaban J connectivity index is 1.77. The molecule has 0 bridgehead atoms. The maximum Gasteiger partial charge on any atom is 0.271 e. The number of carbonyl (C=O) groups excluding carboxylic acids is 1. The van der Waals surface area contributed by atoms with Gasteiger partial charge in [0.2, 0.25) is 0 Å². The lowest BCUT2D eigenvalue weighted by atomic mass is 10.3. The van der Waals surface area contributed by atoms with Crippen molar-refractivity contribution in [1.29, 1.82) is 0 Å². The second-order valence-electron chi connectivity index (χ2n) is 3.87. The van der Waals surface area contributed by atoms with Gasteiger partial charge in [0.1, 0.15) is 23.9 Å². The summed E-state index contributed by atoms with van der Waals surface area (Å²) in [5.41, 5.74) is -0.272. The molecule has 1 aromatic heterocycles. The molecule has 2 aromatic rings. The SMILES string of the molecule is O=C(NCCOc1cccc(F)c1)c1ccc(=O)[nH]n1. The molecule has 2 N–H and O–H groups in total. The van der Waals surface area contributed by atoms with Crippen LogP contribution in [0.4, 0.5) is 4.39 Å². The largest absolute Gasteiger partial charge is 0.492 e. The van der Waals surface area contributed by atoms with E-state index in [-0.39, 0.29) is 30.2 Å². The van der Waals surface area contributed by atoms with Crippen molar-refractivity contribution in [3.63, 3.8) is 0 Å². The van der Waals surface area contributed by atoms with Crippen LogP contribution in [0, 0.1) is 5.82 Å². The van der Waals surface area contributed by atoms with Crippen LogP contribution in [0.1, 0.15) is 10.5 Å². The molecule has 20 heavy (non-hydrogen) atoms. The molecule has 0 saturated carbocycles. The van der Waals surface area contributed by atoms with Gasteiger partial charge in [0.05, 0.1) is 6.54 Å². The molecule has 1 amide bonds. The van der Waals surface area contributed by atoms with Crippen LogP contribution in [0.2, 0.25) is 0 Å². The lowest BCUT2D eigenvalue weighted by Gasteiger charge is -2.07. The number of nitrogens with one attached hydrogen (secondary N) is 2. The van der Waals surface area contributed by atoms with E-state index >= 15 is 0 Å². The van der Waals surface area contributed by atoms with Crippen molar-refractivity contribution in [3.05, 3.63) is 58.3 Å². The minimum atomic E-state index is -0.427. The second kappa shape index (κ2) is 6.46. The molecular weight excluding hydrogens is 265 g/mol. The molecule has 0 aliphatic carbocycles. The Morgan fingerprint density at radius 1 is 1.35 bits per heavy atom. The van der Waals surface area contributed by atoms with E-state index in [0.29, 0.717) is 5.75 Å². The third-order valence-electron chi connectivity index (χ3n) is 2.36. The van der Waals surface area contributed by atoms with E-state index in [2.05, 4.69) is 15.5 Å². The molecule has 7 heteroatoms. The number of H-pyrrole nitrogens is 1. The van der Waals surface area contributed by atoms with Gasteiger partial charge in [-0.1, -0.05) is 6.07 Å². The average molecular weight is 277 g/mol. The van der Waals surface area contributed by atoms with Crippen LogP contribution >= 0.6 is 0 Å². The summed E-state index contributed by atoms with van der Waals surface area (Å²) in [5, 5.41) is 8.31. The first kappa shape index (κ1) is 13.7. The van der Waals surface area contributed by atoms with Crippen LogP contribution < -0.4 is 15.6 Å². The number of hydrogen-bond acceptors (Lipinski definition) is 4. The molecule has 6 nitrogen and oxygen atoms in total. The number of carbonyl (C=O) groups is 1. The molecule has 0 saturated heterocycles. The van der Waals surface area contributed by atoms with E-state index in [1.165, 1.54) is 30.3 Å². The second-order valence-corrected chi connectivity index (χ2v) is 3.87. The summed E-state index contributed by atoms with van der Waals surface area (Å²) in [7, 11) is 0. The fraction of sp³-hybridized carbons (Fsp3) is 0.154. The Morgan fingerprint density at radius 2 is 2.20 bits per heavy atom. The van der Waals surface area contributed by atoms with E-state index in [9.17, 15) is 14.0 Å². The molecule has 0 spiro atoms. The van der Waals surface area contributed by atoms with Crippen molar-refractivity contribution >= 4 is 5.91 Å². The summed E-state index contributed by atoms with van der Waals surface area (Å²) < 4.78 is 18.1. The Bertz CT molecular complexity index is 637. The highest BCUT2D eigenvalue weighted by Crippen LogP contribution is 2.11. The van der Waals surface area contributed by atoms with Crippen LogP contribution in [0.25, 0.3) is 0 Å². The predicted octanol–water partition coefficient (Wildman–Crippen LogP) is 0.718. The Kier molecular flexibility index (Phi) is 4.43. The third kappa shape index (κ3) is 3.91. The van der Waals surface area contributed by atoms with Crippen LogP contribution in [-0.2, 0) is 0 Å². The Labute approximate surface area is 113 Å². The highest BCUT2D eigenvalue weighted by Gasteiger charge is 2.06. The Morgan fingerprint density at radius 3 is 2.90 bits per heavy atom. The molecule has 2 rings (SSSR count). The topological polar surface area (TPSA) is 84.1 Å². The molecule has 0 unspecified atom stereocenters. The molecule has 0 atom stereocenters. The van der Waals surface area contributed by atoms with Crippen LogP contribution in [-0.4, -0.2) is 29.3 Å². The van der Waals surface area contributed by atoms with Crippen molar-refractivity contribution in [2.24, 2.45) is 0 Å². The maximum absolute atomic E-state index is 12.9. The average Bonchev–Trinajstić information content (AvgIpc) is 2.44. The standard InChI is InChI=1S/C13H12FN3O3/c14-9-2-1-3-10(8-9)20-7-6-15-13(19)11-4-5-12(18)17-16-11/h1-5,8H,6-7H2,(H,15,19)(H,17,18). The molecular formula is C13H12FN3O3.